The predicted molar refractivity (Wildman–Crippen MR) is 61.9 cm³/mol. The first kappa shape index (κ1) is 13.8. The van der Waals surface area contributed by atoms with Crippen LogP contribution in [0.1, 0.15) is 36.1 Å². The molecule has 0 saturated heterocycles. The second-order valence-corrected chi connectivity index (χ2v) is 4.10. The Balaban J connectivity index is 2.91. The van der Waals surface area contributed by atoms with E-state index in [1.165, 1.54) is 0 Å². The van der Waals surface area contributed by atoms with E-state index in [1.54, 1.807) is 18.9 Å². The van der Waals surface area contributed by atoms with Crippen LogP contribution in [0.25, 0.3) is 0 Å². The number of hydrogen-bond donors (Lipinski definition) is 0. The van der Waals surface area contributed by atoms with Crippen LogP contribution in [-0.2, 0) is 16.0 Å². The van der Waals surface area contributed by atoms with Gasteiger partial charge in [-0.05, 0) is 12.8 Å². The van der Waals surface area contributed by atoms with Crippen LogP contribution >= 0.6 is 0 Å². The van der Waals surface area contributed by atoms with E-state index in [-0.39, 0.29) is 6.10 Å². The number of methoxy groups -OCH3 is 2. The minimum Gasteiger partial charge on any atom is -0.384 e. The van der Waals surface area contributed by atoms with Gasteiger partial charge < -0.3 is 9.47 Å². The molecule has 1 aromatic rings. The van der Waals surface area contributed by atoms with Crippen LogP contribution in [0.5, 0.6) is 0 Å². The summed E-state index contributed by atoms with van der Waals surface area (Å²) in [6.07, 6.45) is 0.495. The Labute approximate surface area is 101 Å². The summed E-state index contributed by atoms with van der Waals surface area (Å²) in [5.74, 6) is 0.295. The summed E-state index contributed by atoms with van der Waals surface area (Å²) in [6, 6.07) is 0. The van der Waals surface area contributed by atoms with Gasteiger partial charge >= 0.3 is 0 Å². The van der Waals surface area contributed by atoms with Gasteiger partial charge in [0.2, 0.25) is 0 Å². The van der Waals surface area contributed by atoms with Crippen molar-refractivity contribution in [2.24, 2.45) is 5.92 Å². The van der Waals surface area contributed by atoms with Crippen LogP contribution in [-0.4, -0.2) is 42.1 Å². The molecule has 6 heteroatoms. The van der Waals surface area contributed by atoms with E-state index in [1.807, 2.05) is 13.8 Å². The minimum atomic E-state index is -0.208. The molecule has 0 aliphatic heterocycles. The monoisotopic (exact) mass is 241 g/mol. The van der Waals surface area contributed by atoms with Crippen molar-refractivity contribution >= 4 is 6.29 Å². The second kappa shape index (κ2) is 6.46. The van der Waals surface area contributed by atoms with Crippen LogP contribution in [0.15, 0.2) is 0 Å². The van der Waals surface area contributed by atoms with Crippen molar-refractivity contribution in [1.82, 2.24) is 15.0 Å². The van der Waals surface area contributed by atoms with Crippen LogP contribution in [0, 0.1) is 5.92 Å². The molecular weight excluding hydrogens is 222 g/mol. The number of rotatable bonds is 7. The van der Waals surface area contributed by atoms with Gasteiger partial charge in [-0.3, -0.25) is 4.79 Å². The second-order valence-electron chi connectivity index (χ2n) is 4.10. The molecule has 0 bridgehead atoms. The molecule has 1 heterocycles. The lowest BCUT2D eigenvalue weighted by Crippen LogP contribution is -2.17. The zero-order valence-electron chi connectivity index (χ0n) is 10.7. The van der Waals surface area contributed by atoms with Crippen LogP contribution in [0.4, 0.5) is 0 Å². The molecule has 0 spiro atoms. The Hall–Kier alpha value is -1.27. The van der Waals surface area contributed by atoms with Crippen LogP contribution < -0.4 is 0 Å². The molecule has 0 saturated carbocycles. The summed E-state index contributed by atoms with van der Waals surface area (Å²) >= 11 is 0. The van der Waals surface area contributed by atoms with Crippen molar-refractivity contribution in [1.29, 1.82) is 0 Å². The van der Waals surface area contributed by atoms with Gasteiger partial charge in [-0.25, -0.2) is 4.68 Å². The highest BCUT2D eigenvalue weighted by Crippen LogP contribution is 2.18. The topological polar surface area (TPSA) is 66.2 Å². The van der Waals surface area contributed by atoms with Gasteiger partial charge in [-0.15, -0.1) is 5.10 Å². The van der Waals surface area contributed by atoms with Gasteiger partial charge in [-0.1, -0.05) is 12.1 Å². The van der Waals surface area contributed by atoms with Gasteiger partial charge in [0.05, 0.1) is 18.4 Å². The third kappa shape index (κ3) is 3.34. The largest absolute Gasteiger partial charge is 0.384 e. The molecule has 0 N–H and O–H groups in total. The van der Waals surface area contributed by atoms with Crippen molar-refractivity contribution in [3.8, 4) is 0 Å². The Morgan fingerprint density at radius 3 is 2.65 bits per heavy atom. The van der Waals surface area contributed by atoms with E-state index in [9.17, 15) is 4.79 Å². The summed E-state index contributed by atoms with van der Waals surface area (Å²) in [5.41, 5.74) is 1.05. The molecule has 96 valence electrons. The molecule has 1 aromatic heterocycles. The van der Waals surface area contributed by atoms with E-state index in [2.05, 4.69) is 10.3 Å². The number of aldehydes is 1. The first-order valence-electron chi connectivity index (χ1n) is 5.54. The Morgan fingerprint density at radius 2 is 2.12 bits per heavy atom. The highest BCUT2D eigenvalue weighted by molar-refractivity contribution is 5.73. The maximum Gasteiger partial charge on any atom is 0.172 e. The van der Waals surface area contributed by atoms with E-state index in [0.717, 1.165) is 0 Å². The molecular formula is C11H19N3O3. The Kier molecular flexibility index (Phi) is 5.24. The van der Waals surface area contributed by atoms with E-state index in [0.29, 0.717) is 36.7 Å². The van der Waals surface area contributed by atoms with Gasteiger partial charge in [0.15, 0.2) is 12.0 Å². The average Bonchev–Trinajstić information content (AvgIpc) is 2.71. The van der Waals surface area contributed by atoms with Gasteiger partial charge in [0, 0.05) is 20.8 Å². The van der Waals surface area contributed by atoms with Crippen molar-refractivity contribution in [2.75, 3.05) is 20.8 Å². The van der Waals surface area contributed by atoms with Crippen molar-refractivity contribution in [3.05, 3.63) is 11.4 Å². The number of hydrogen-bond acceptors (Lipinski definition) is 5. The predicted octanol–water partition coefficient (Wildman–Crippen LogP) is 1.08. The first-order chi connectivity index (χ1) is 8.13. The van der Waals surface area contributed by atoms with E-state index in [4.69, 9.17) is 9.47 Å². The van der Waals surface area contributed by atoms with Crippen molar-refractivity contribution in [2.45, 2.75) is 26.5 Å². The SMILES string of the molecule is COCC(C)Cn1nnc(C=O)c1C(C)OC. The molecule has 0 aromatic carbocycles. The molecule has 0 amide bonds. The van der Waals surface area contributed by atoms with Gasteiger partial charge in [0.1, 0.15) is 0 Å². The fourth-order valence-electron chi connectivity index (χ4n) is 1.71. The molecule has 17 heavy (non-hydrogen) atoms. The van der Waals surface area contributed by atoms with E-state index < -0.39 is 0 Å². The fraction of sp³-hybridized carbons (Fsp3) is 0.727. The van der Waals surface area contributed by atoms with Crippen molar-refractivity contribution < 1.29 is 14.3 Å². The minimum absolute atomic E-state index is 0.208. The molecule has 2 unspecified atom stereocenters. The molecule has 6 nitrogen and oxygen atoms in total. The highest BCUT2D eigenvalue weighted by Gasteiger charge is 2.19. The standard InChI is InChI=1S/C11H19N3O3/c1-8(7-16-3)5-14-11(9(2)17-4)10(6-15)12-13-14/h6,8-9H,5,7H2,1-4H3. The lowest BCUT2D eigenvalue weighted by atomic mass is 10.2. The molecule has 0 aliphatic carbocycles. The molecule has 2 atom stereocenters. The maximum absolute atomic E-state index is 10.9. The average molecular weight is 241 g/mol. The van der Waals surface area contributed by atoms with Crippen LogP contribution in [0.2, 0.25) is 0 Å². The third-order valence-electron chi connectivity index (χ3n) is 2.59. The molecule has 0 radical (unpaired) electrons. The molecule has 0 fully saturated rings. The van der Waals surface area contributed by atoms with Crippen molar-refractivity contribution in [3.63, 3.8) is 0 Å². The van der Waals surface area contributed by atoms with Gasteiger partial charge in [0.25, 0.3) is 0 Å². The van der Waals surface area contributed by atoms with Crippen LogP contribution in [0.3, 0.4) is 0 Å². The zero-order valence-corrected chi connectivity index (χ0v) is 10.7. The Morgan fingerprint density at radius 1 is 1.41 bits per heavy atom. The molecule has 0 aliphatic rings. The number of carbonyl (C=O) groups excluding carboxylic acids is 1. The summed E-state index contributed by atoms with van der Waals surface area (Å²) in [5, 5.41) is 7.82. The summed E-state index contributed by atoms with van der Waals surface area (Å²) < 4.78 is 12.0. The Bertz CT molecular complexity index is 365. The summed E-state index contributed by atoms with van der Waals surface area (Å²) in [6.45, 7) is 5.20. The quantitative estimate of drug-likeness (QED) is 0.668. The lowest BCUT2D eigenvalue weighted by Gasteiger charge is -2.15. The first-order valence-corrected chi connectivity index (χ1v) is 5.54. The summed E-state index contributed by atoms with van der Waals surface area (Å²) in [4.78, 5) is 10.9. The smallest absolute Gasteiger partial charge is 0.172 e. The lowest BCUT2D eigenvalue weighted by molar-refractivity contribution is 0.102. The normalized spacial score (nSPS) is 14.6. The van der Waals surface area contributed by atoms with E-state index >= 15 is 0 Å². The highest BCUT2D eigenvalue weighted by atomic mass is 16.5. The summed E-state index contributed by atoms with van der Waals surface area (Å²) in [7, 11) is 3.25. The third-order valence-corrected chi connectivity index (χ3v) is 2.59. The number of ether oxygens (including phenoxy) is 2. The maximum atomic E-state index is 10.9. The number of carbonyl (C=O) groups is 1. The molecule has 1 rings (SSSR count). The fourth-order valence-corrected chi connectivity index (χ4v) is 1.71. The zero-order chi connectivity index (χ0) is 12.8. The number of aromatic nitrogens is 3. The number of nitrogens with zero attached hydrogens (tertiary/aromatic N) is 3. The van der Waals surface area contributed by atoms with Gasteiger partial charge in [-0.2, -0.15) is 0 Å².